The lowest BCUT2D eigenvalue weighted by Crippen LogP contribution is -2.74. The Morgan fingerprint density at radius 3 is 1.66 bits per heavy atom. The summed E-state index contributed by atoms with van der Waals surface area (Å²) in [7, 11) is -2.56. The molecule has 0 unspecified atom stereocenters. The van der Waals surface area contributed by atoms with Crippen molar-refractivity contribution in [2.24, 2.45) is 0 Å². The second kappa shape index (κ2) is 9.70. The molecule has 0 saturated carbocycles. The van der Waals surface area contributed by atoms with Gasteiger partial charge in [-0.1, -0.05) is 121 Å². The maximum absolute atomic E-state index is 4.85. The highest BCUT2D eigenvalue weighted by molar-refractivity contribution is 7.25. The van der Waals surface area contributed by atoms with Crippen molar-refractivity contribution in [3.63, 3.8) is 0 Å². The second-order valence-corrected chi connectivity index (χ2v) is 15.2. The van der Waals surface area contributed by atoms with Crippen LogP contribution in [-0.4, -0.2) is 17.6 Å². The topological polar surface area (TPSA) is 17.8 Å². The van der Waals surface area contributed by atoms with Gasteiger partial charge in [-0.05, 0) is 51.1 Å². The van der Waals surface area contributed by atoms with Gasteiger partial charge >= 0.3 is 0 Å². The van der Waals surface area contributed by atoms with Crippen LogP contribution < -0.4 is 20.7 Å². The minimum Gasteiger partial charge on any atom is -0.299 e. The minimum absolute atomic E-state index is 1.06. The average Bonchev–Trinajstić information content (AvgIpc) is 3.58. The zero-order valence-electron chi connectivity index (χ0n) is 22.3. The van der Waals surface area contributed by atoms with Crippen LogP contribution in [0.3, 0.4) is 0 Å². The molecular formula is C37H26N2SSi. The van der Waals surface area contributed by atoms with Gasteiger partial charge in [0.15, 0.2) is 8.07 Å². The fraction of sp³-hybridized carbons (Fsp3) is 0. The SMILES string of the molecule is c1ccc([Si](c2ccccc2)(c2ccccc2)c2ccc(-n3c4cccnc4c4c5ccccc5sc43)cc2)cc1. The molecule has 0 aliphatic carbocycles. The van der Waals surface area contributed by atoms with Crippen LogP contribution >= 0.6 is 11.3 Å². The molecule has 0 saturated heterocycles. The van der Waals surface area contributed by atoms with E-state index in [1.54, 1.807) is 0 Å². The zero-order valence-corrected chi connectivity index (χ0v) is 24.1. The second-order valence-electron chi connectivity index (χ2n) is 10.4. The van der Waals surface area contributed by atoms with E-state index < -0.39 is 8.07 Å². The number of hydrogen-bond acceptors (Lipinski definition) is 2. The van der Waals surface area contributed by atoms with E-state index in [0.29, 0.717) is 0 Å². The van der Waals surface area contributed by atoms with Crippen molar-refractivity contribution in [2.45, 2.75) is 0 Å². The number of pyridine rings is 1. The van der Waals surface area contributed by atoms with Crippen LogP contribution in [0.1, 0.15) is 0 Å². The van der Waals surface area contributed by atoms with Gasteiger partial charge in [-0.15, -0.1) is 11.3 Å². The third kappa shape index (κ3) is 3.65. The summed E-state index contributed by atoms with van der Waals surface area (Å²) in [6.45, 7) is 0. The highest BCUT2D eigenvalue weighted by Crippen LogP contribution is 2.41. The quantitative estimate of drug-likeness (QED) is 0.168. The Hall–Kier alpha value is -4.77. The summed E-state index contributed by atoms with van der Waals surface area (Å²) in [5.41, 5.74) is 3.36. The van der Waals surface area contributed by atoms with Crippen molar-refractivity contribution in [3.05, 3.63) is 158 Å². The number of benzene rings is 5. The molecule has 194 valence electrons. The molecule has 41 heavy (non-hydrogen) atoms. The first-order valence-corrected chi connectivity index (χ1v) is 16.7. The summed E-state index contributed by atoms with van der Waals surface area (Å²) in [6.07, 6.45) is 1.90. The van der Waals surface area contributed by atoms with Crippen LogP contribution in [0.25, 0.3) is 37.0 Å². The molecular weight excluding hydrogens is 533 g/mol. The Kier molecular flexibility index (Phi) is 5.69. The summed E-state index contributed by atoms with van der Waals surface area (Å²) in [4.78, 5) is 6.09. The number of fused-ring (bicyclic) bond motifs is 5. The fourth-order valence-corrected chi connectivity index (χ4v) is 12.5. The Morgan fingerprint density at radius 2 is 1.05 bits per heavy atom. The van der Waals surface area contributed by atoms with Gasteiger partial charge in [0.05, 0.1) is 11.0 Å². The molecule has 0 radical (unpaired) electrons. The van der Waals surface area contributed by atoms with Crippen LogP contribution in [0.4, 0.5) is 0 Å². The molecule has 4 heteroatoms. The van der Waals surface area contributed by atoms with E-state index >= 15 is 0 Å². The fourth-order valence-electron chi connectivity index (χ4n) is 6.48. The molecule has 2 nitrogen and oxygen atoms in total. The molecule has 8 aromatic rings. The van der Waals surface area contributed by atoms with Crippen molar-refractivity contribution in [1.82, 2.24) is 9.55 Å². The van der Waals surface area contributed by atoms with Crippen LogP contribution in [-0.2, 0) is 0 Å². The number of thiophene rings is 1. The zero-order chi connectivity index (χ0) is 27.2. The molecule has 0 amide bonds. The van der Waals surface area contributed by atoms with E-state index in [1.807, 2.05) is 23.6 Å². The predicted molar refractivity (Wildman–Crippen MR) is 178 cm³/mol. The molecule has 0 aliphatic heterocycles. The monoisotopic (exact) mass is 558 g/mol. The number of aromatic nitrogens is 2. The molecule has 8 rings (SSSR count). The van der Waals surface area contributed by atoms with Gasteiger partial charge in [0.2, 0.25) is 0 Å². The van der Waals surface area contributed by atoms with Gasteiger partial charge in [0.1, 0.15) is 4.83 Å². The normalized spacial score (nSPS) is 11.9. The van der Waals surface area contributed by atoms with Crippen molar-refractivity contribution in [2.75, 3.05) is 0 Å². The van der Waals surface area contributed by atoms with E-state index in [0.717, 1.165) is 16.7 Å². The van der Waals surface area contributed by atoms with Gasteiger partial charge in [0.25, 0.3) is 0 Å². The van der Waals surface area contributed by atoms with Gasteiger partial charge in [-0.25, -0.2) is 0 Å². The van der Waals surface area contributed by atoms with Crippen LogP contribution in [0.2, 0.25) is 0 Å². The average molecular weight is 559 g/mol. The maximum atomic E-state index is 4.85. The lowest BCUT2D eigenvalue weighted by atomic mass is 10.2. The first kappa shape index (κ1) is 24.1. The van der Waals surface area contributed by atoms with Crippen molar-refractivity contribution < 1.29 is 0 Å². The molecule has 0 fully saturated rings. The lowest BCUT2D eigenvalue weighted by molar-refractivity contribution is 1.19. The Morgan fingerprint density at radius 1 is 0.512 bits per heavy atom. The molecule has 3 heterocycles. The smallest absolute Gasteiger partial charge is 0.179 e. The van der Waals surface area contributed by atoms with Crippen LogP contribution in [0.15, 0.2) is 158 Å². The minimum atomic E-state index is -2.56. The summed E-state index contributed by atoms with van der Waals surface area (Å²) >= 11 is 1.84. The first-order valence-electron chi connectivity index (χ1n) is 13.9. The van der Waals surface area contributed by atoms with Gasteiger partial charge in [0, 0.05) is 27.4 Å². The third-order valence-electron chi connectivity index (χ3n) is 8.22. The summed E-state index contributed by atoms with van der Waals surface area (Å²) in [5, 5.41) is 8.03. The van der Waals surface area contributed by atoms with E-state index in [4.69, 9.17) is 4.98 Å². The largest absolute Gasteiger partial charge is 0.299 e. The van der Waals surface area contributed by atoms with Crippen molar-refractivity contribution in [1.29, 1.82) is 0 Å². The van der Waals surface area contributed by atoms with E-state index in [2.05, 4.69) is 150 Å². The molecule has 0 atom stereocenters. The first-order chi connectivity index (χ1) is 20.4. The molecule has 0 bridgehead atoms. The standard InChI is InChI=1S/C37H26N2SSi/c1-4-13-28(14-5-1)41(29-15-6-2-7-16-29,30-17-8-3-9-18-30)31-24-22-27(23-25-31)39-33-20-12-26-38-36(33)35-32-19-10-11-21-34(32)40-37(35)39/h1-26H. The molecule has 0 aliphatic rings. The Bertz CT molecular complexity index is 2030. The lowest BCUT2D eigenvalue weighted by Gasteiger charge is -2.34. The maximum Gasteiger partial charge on any atom is 0.179 e. The Balaban J connectivity index is 1.39. The van der Waals surface area contributed by atoms with Gasteiger partial charge < -0.3 is 0 Å². The van der Waals surface area contributed by atoms with Gasteiger partial charge in [-0.3, -0.25) is 9.55 Å². The van der Waals surface area contributed by atoms with Crippen LogP contribution in [0, 0.1) is 0 Å². The number of nitrogens with zero attached hydrogens (tertiary/aromatic N) is 2. The highest BCUT2D eigenvalue weighted by Gasteiger charge is 2.41. The summed E-state index contributed by atoms with van der Waals surface area (Å²) in [5.74, 6) is 0. The Labute approximate surface area is 243 Å². The number of hydrogen-bond donors (Lipinski definition) is 0. The van der Waals surface area contributed by atoms with E-state index in [9.17, 15) is 0 Å². The van der Waals surface area contributed by atoms with Crippen molar-refractivity contribution >= 4 is 71.5 Å². The van der Waals surface area contributed by atoms with Crippen LogP contribution in [0.5, 0.6) is 0 Å². The third-order valence-corrected chi connectivity index (χ3v) is 14.2. The summed E-state index contributed by atoms with van der Waals surface area (Å²) < 4.78 is 3.68. The molecule has 0 N–H and O–H groups in total. The van der Waals surface area contributed by atoms with E-state index in [-0.39, 0.29) is 0 Å². The van der Waals surface area contributed by atoms with Gasteiger partial charge in [-0.2, -0.15) is 0 Å². The van der Waals surface area contributed by atoms with Crippen molar-refractivity contribution in [3.8, 4) is 5.69 Å². The summed E-state index contributed by atoms with van der Waals surface area (Å²) in [6, 6.07) is 55.5. The molecule has 0 spiro atoms. The molecule has 3 aromatic heterocycles. The molecule has 5 aromatic carbocycles. The highest BCUT2D eigenvalue weighted by atomic mass is 32.1. The number of rotatable bonds is 5. The van der Waals surface area contributed by atoms with E-state index in [1.165, 1.54) is 41.0 Å². The predicted octanol–water partition coefficient (Wildman–Crippen LogP) is 6.77.